The monoisotopic (exact) mass is 346 g/mol. The van der Waals surface area contributed by atoms with E-state index < -0.39 is 0 Å². The number of imidazole rings is 1. The van der Waals surface area contributed by atoms with Gasteiger partial charge >= 0.3 is 0 Å². The molecule has 2 aromatic carbocycles. The van der Waals surface area contributed by atoms with Gasteiger partial charge in [-0.3, -0.25) is 4.57 Å². The van der Waals surface area contributed by atoms with E-state index in [-0.39, 0.29) is 6.04 Å². The third-order valence-corrected chi connectivity index (χ3v) is 4.72. The van der Waals surface area contributed by atoms with E-state index >= 15 is 0 Å². The van der Waals surface area contributed by atoms with E-state index in [1.165, 1.54) is 11.1 Å². The molecule has 0 aliphatic rings. The molecule has 0 fully saturated rings. The summed E-state index contributed by atoms with van der Waals surface area (Å²) in [6.45, 7) is 6.01. The lowest BCUT2D eigenvalue weighted by Crippen LogP contribution is -2.23. The predicted octanol–water partition coefficient (Wildman–Crippen LogP) is 3.28. The van der Waals surface area contributed by atoms with E-state index in [1.807, 2.05) is 10.6 Å². The van der Waals surface area contributed by atoms with Crippen LogP contribution in [0.5, 0.6) is 0 Å². The molecular weight excluding hydrogens is 324 g/mol. The van der Waals surface area contributed by atoms with Gasteiger partial charge in [0.05, 0.1) is 11.0 Å². The maximum Gasteiger partial charge on any atom is 0.123 e. The van der Waals surface area contributed by atoms with Crippen LogP contribution in [-0.2, 0) is 6.54 Å². The number of hydrogen-bond donors (Lipinski definition) is 1. The number of hydrogen-bond acceptors (Lipinski definition) is 4. The quantitative estimate of drug-likeness (QED) is 0.582. The van der Waals surface area contributed by atoms with E-state index in [2.05, 4.69) is 81.4 Å². The number of para-hydroxylation sites is 2. The lowest BCUT2D eigenvalue weighted by molar-refractivity contribution is 0.531. The minimum absolute atomic E-state index is 0.251. The van der Waals surface area contributed by atoms with Crippen LogP contribution in [-0.4, -0.2) is 30.9 Å². The van der Waals surface area contributed by atoms with Crippen molar-refractivity contribution < 1.29 is 0 Å². The fourth-order valence-corrected chi connectivity index (χ4v) is 3.28. The van der Waals surface area contributed by atoms with Crippen molar-refractivity contribution in [3.8, 4) is 5.69 Å². The fourth-order valence-electron chi connectivity index (χ4n) is 3.28. The van der Waals surface area contributed by atoms with Crippen molar-refractivity contribution in [1.82, 2.24) is 29.6 Å². The Hall–Kier alpha value is -2.99. The summed E-state index contributed by atoms with van der Waals surface area (Å²) < 4.78 is 4.18. The second-order valence-electron chi connectivity index (χ2n) is 6.44. The molecule has 0 bridgehead atoms. The van der Waals surface area contributed by atoms with Crippen LogP contribution in [0.2, 0.25) is 0 Å². The second kappa shape index (κ2) is 7.09. The predicted molar refractivity (Wildman–Crippen MR) is 102 cm³/mol. The molecule has 0 aliphatic carbocycles. The smallest absolute Gasteiger partial charge is 0.123 e. The zero-order chi connectivity index (χ0) is 17.9. The number of aryl methyl sites for hydroxylation is 1. The maximum absolute atomic E-state index is 4.63. The van der Waals surface area contributed by atoms with E-state index in [1.54, 1.807) is 12.7 Å². The minimum atomic E-state index is 0.251. The first-order valence-corrected chi connectivity index (χ1v) is 8.82. The molecule has 6 heteroatoms. The van der Waals surface area contributed by atoms with Crippen LogP contribution >= 0.6 is 0 Å². The maximum atomic E-state index is 4.63. The van der Waals surface area contributed by atoms with Crippen molar-refractivity contribution in [3.63, 3.8) is 0 Å². The summed E-state index contributed by atoms with van der Waals surface area (Å²) in [6, 6.07) is 17.0. The fraction of sp³-hybridized carbons (Fsp3) is 0.250. The van der Waals surface area contributed by atoms with Gasteiger partial charge in [0.25, 0.3) is 0 Å². The van der Waals surface area contributed by atoms with Crippen LogP contribution in [0.25, 0.3) is 16.7 Å². The summed E-state index contributed by atoms with van der Waals surface area (Å²) in [7, 11) is 0. The largest absolute Gasteiger partial charge is 0.327 e. The van der Waals surface area contributed by atoms with Crippen molar-refractivity contribution in [2.24, 2.45) is 0 Å². The average Bonchev–Trinajstić information content (AvgIpc) is 3.30. The molecule has 2 aromatic heterocycles. The molecule has 26 heavy (non-hydrogen) atoms. The van der Waals surface area contributed by atoms with Gasteiger partial charge in [-0.2, -0.15) is 0 Å². The molecule has 132 valence electrons. The van der Waals surface area contributed by atoms with Crippen LogP contribution in [0.1, 0.15) is 24.4 Å². The Kier molecular flexibility index (Phi) is 4.50. The molecule has 0 aliphatic heterocycles. The van der Waals surface area contributed by atoms with Gasteiger partial charge < -0.3 is 9.88 Å². The molecule has 1 unspecified atom stereocenters. The van der Waals surface area contributed by atoms with Crippen molar-refractivity contribution in [2.75, 3.05) is 6.54 Å². The Morgan fingerprint density at radius 2 is 1.85 bits per heavy atom. The highest BCUT2D eigenvalue weighted by molar-refractivity contribution is 5.75. The van der Waals surface area contributed by atoms with E-state index in [0.717, 1.165) is 30.1 Å². The van der Waals surface area contributed by atoms with Gasteiger partial charge in [-0.25, -0.2) is 4.98 Å². The van der Waals surface area contributed by atoms with Gasteiger partial charge in [0, 0.05) is 24.8 Å². The zero-order valence-corrected chi connectivity index (χ0v) is 15.0. The molecular formula is C20H22N6. The number of aromatic nitrogens is 5. The molecule has 4 rings (SSSR count). The molecule has 0 amide bonds. The normalized spacial score (nSPS) is 12.5. The highest BCUT2D eigenvalue weighted by Gasteiger charge is 2.09. The average molecular weight is 346 g/mol. The Bertz CT molecular complexity index is 1000. The first-order valence-electron chi connectivity index (χ1n) is 8.82. The van der Waals surface area contributed by atoms with Crippen molar-refractivity contribution in [1.29, 1.82) is 0 Å². The highest BCUT2D eigenvalue weighted by Crippen LogP contribution is 2.18. The molecule has 6 nitrogen and oxygen atoms in total. The summed E-state index contributed by atoms with van der Waals surface area (Å²) >= 11 is 0. The summed E-state index contributed by atoms with van der Waals surface area (Å²) in [4.78, 5) is 4.63. The van der Waals surface area contributed by atoms with Gasteiger partial charge in [-0.1, -0.05) is 24.3 Å². The van der Waals surface area contributed by atoms with Crippen LogP contribution in [0.3, 0.4) is 0 Å². The number of nitrogens with zero attached hydrogens (tertiary/aromatic N) is 5. The van der Waals surface area contributed by atoms with Crippen LogP contribution in [0, 0.1) is 6.92 Å². The van der Waals surface area contributed by atoms with E-state index in [9.17, 15) is 0 Å². The lowest BCUT2D eigenvalue weighted by atomic mass is 10.1. The molecule has 0 radical (unpaired) electrons. The first kappa shape index (κ1) is 16.5. The van der Waals surface area contributed by atoms with Gasteiger partial charge in [0.1, 0.15) is 18.5 Å². The number of nitrogens with one attached hydrogen (secondary N) is 1. The highest BCUT2D eigenvalue weighted by atomic mass is 15.2. The summed E-state index contributed by atoms with van der Waals surface area (Å²) in [6.07, 6.45) is 3.42. The van der Waals surface area contributed by atoms with Crippen molar-refractivity contribution in [2.45, 2.75) is 26.4 Å². The lowest BCUT2D eigenvalue weighted by Gasteiger charge is -2.16. The van der Waals surface area contributed by atoms with Crippen molar-refractivity contribution >= 4 is 11.0 Å². The first-order chi connectivity index (χ1) is 12.7. The molecule has 4 aromatic rings. The zero-order valence-electron chi connectivity index (χ0n) is 15.0. The minimum Gasteiger partial charge on any atom is -0.327 e. The van der Waals surface area contributed by atoms with Gasteiger partial charge in [-0.05, 0) is 43.7 Å². The molecule has 2 heterocycles. The molecule has 0 spiro atoms. The topological polar surface area (TPSA) is 60.6 Å². The van der Waals surface area contributed by atoms with Crippen LogP contribution in [0.4, 0.5) is 0 Å². The van der Waals surface area contributed by atoms with Crippen LogP contribution in [0.15, 0.2) is 61.2 Å². The second-order valence-corrected chi connectivity index (χ2v) is 6.44. The van der Waals surface area contributed by atoms with Gasteiger partial charge in [-0.15, -0.1) is 10.2 Å². The van der Waals surface area contributed by atoms with Gasteiger partial charge in [0.15, 0.2) is 0 Å². The molecule has 1 atom stereocenters. The van der Waals surface area contributed by atoms with Crippen LogP contribution < -0.4 is 5.32 Å². The molecule has 1 N–H and O–H groups in total. The van der Waals surface area contributed by atoms with Crippen molar-refractivity contribution in [3.05, 3.63) is 72.6 Å². The third-order valence-electron chi connectivity index (χ3n) is 4.72. The Balaban J connectivity index is 1.43. The summed E-state index contributed by atoms with van der Waals surface area (Å²) in [5, 5.41) is 11.4. The third kappa shape index (κ3) is 3.23. The van der Waals surface area contributed by atoms with Gasteiger partial charge in [0.2, 0.25) is 0 Å². The van der Waals surface area contributed by atoms with E-state index in [4.69, 9.17) is 0 Å². The standard InChI is InChI=1S/C20H22N6/c1-15(17-6-5-7-18(12-17)25-13-22-23-14-25)21-10-11-26-16(2)24-19-8-3-4-9-20(19)26/h3-9,12-15,21H,10-11H2,1-2H3. The molecule has 0 saturated heterocycles. The van der Waals surface area contributed by atoms with E-state index in [0.29, 0.717) is 0 Å². The SMILES string of the molecule is Cc1nc2ccccc2n1CCNC(C)c1cccc(-n2cnnc2)c1. The molecule has 0 saturated carbocycles. The Labute approximate surface area is 152 Å². The Morgan fingerprint density at radius 3 is 2.69 bits per heavy atom. The summed E-state index contributed by atoms with van der Waals surface area (Å²) in [5.41, 5.74) is 4.55. The number of fused-ring (bicyclic) bond motifs is 1. The Morgan fingerprint density at radius 1 is 1.04 bits per heavy atom. The number of rotatable bonds is 6. The number of benzene rings is 2. The summed E-state index contributed by atoms with van der Waals surface area (Å²) in [5.74, 6) is 1.05.